The van der Waals surface area contributed by atoms with Crippen molar-refractivity contribution in [3.63, 3.8) is 0 Å². The van der Waals surface area contributed by atoms with E-state index in [-0.39, 0.29) is 32.0 Å². The van der Waals surface area contributed by atoms with Gasteiger partial charge in [-0.1, -0.05) is 43.7 Å². The Balaban J connectivity index is 1.40. The minimum atomic E-state index is -0.954. The molecule has 31 heavy (non-hydrogen) atoms. The smallest absolute Gasteiger partial charge is 0.307 e. The Hall–Kier alpha value is -3.35. The minimum absolute atomic E-state index is 0.0392. The molecule has 1 N–H and O–H groups in total. The van der Waals surface area contributed by atoms with E-state index in [2.05, 4.69) is 12.2 Å². The molecule has 0 saturated carbocycles. The second-order valence-corrected chi connectivity index (χ2v) is 7.41. The zero-order chi connectivity index (χ0) is 22.2. The number of ether oxygens (including phenoxy) is 3. The Bertz CT molecular complexity index is 938. The molecule has 0 spiro atoms. The van der Waals surface area contributed by atoms with Crippen molar-refractivity contribution in [3.05, 3.63) is 59.2 Å². The van der Waals surface area contributed by atoms with Crippen LogP contribution in [0.1, 0.15) is 54.6 Å². The minimum Gasteiger partial charge on any atom is -0.454 e. The number of hydrogen-bond acceptors (Lipinski definition) is 6. The largest absolute Gasteiger partial charge is 0.454 e. The lowest BCUT2D eigenvalue weighted by Crippen LogP contribution is -2.35. The van der Waals surface area contributed by atoms with E-state index in [9.17, 15) is 14.4 Å². The third-order valence-corrected chi connectivity index (χ3v) is 4.95. The number of rotatable bonds is 10. The van der Waals surface area contributed by atoms with E-state index in [1.165, 1.54) is 12.5 Å². The molecule has 0 unspecified atom stereocenters. The molecular formula is C24H27NO6. The van der Waals surface area contributed by atoms with Gasteiger partial charge in [0.1, 0.15) is 0 Å². The fourth-order valence-electron chi connectivity index (χ4n) is 3.20. The van der Waals surface area contributed by atoms with Crippen LogP contribution in [0, 0.1) is 0 Å². The number of aryl methyl sites for hydroxylation is 1. The van der Waals surface area contributed by atoms with Gasteiger partial charge in [-0.3, -0.25) is 14.4 Å². The highest BCUT2D eigenvalue weighted by Crippen LogP contribution is 2.32. The van der Waals surface area contributed by atoms with Crippen molar-refractivity contribution in [2.75, 3.05) is 6.79 Å². The van der Waals surface area contributed by atoms with E-state index in [0.29, 0.717) is 17.1 Å². The van der Waals surface area contributed by atoms with Gasteiger partial charge in [0.2, 0.25) is 6.79 Å². The van der Waals surface area contributed by atoms with Crippen LogP contribution in [0.5, 0.6) is 11.5 Å². The summed E-state index contributed by atoms with van der Waals surface area (Å²) in [5, 5.41) is 2.72. The molecule has 7 nitrogen and oxygen atoms in total. The van der Waals surface area contributed by atoms with Crippen LogP contribution in [-0.4, -0.2) is 30.6 Å². The predicted molar refractivity (Wildman–Crippen MR) is 114 cm³/mol. The molecule has 1 aliphatic rings. The highest BCUT2D eigenvalue weighted by atomic mass is 16.7. The van der Waals surface area contributed by atoms with Gasteiger partial charge < -0.3 is 19.5 Å². The first kappa shape index (κ1) is 22.3. The number of carbonyl (C=O) groups excluding carboxylic acids is 3. The average Bonchev–Trinajstić information content (AvgIpc) is 3.24. The lowest BCUT2D eigenvalue weighted by Gasteiger charge is -2.13. The first-order chi connectivity index (χ1) is 15.0. The number of carbonyl (C=O) groups is 3. The van der Waals surface area contributed by atoms with Gasteiger partial charge >= 0.3 is 5.97 Å². The fourth-order valence-corrected chi connectivity index (χ4v) is 3.20. The Morgan fingerprint density at radius 3 is 2.45 bits per heavy atom. The van der Waals surface area contributed by atoms with Crippen molar-refractivity contribution in [2.24, 2.45) is 0 Å². The summed E-state index contributed by atoms with van der Waals surface area (Å²) in [7, 11) is 0. The molecule has 2 aromatic carbocycles. The Morgan fingerprint density at radius 2 is 1.71 bits per heavy atom. The summed E-state index contributed by atoms with van der Waals surface area (Å²) in [6, 6.07) is 12.8. The number of benzene rings is 2. The molecule has 0 bridgehead atoms. The van der Waals surface area contributed by atoms with E-state index >= 15 is 0 Å². The Kier molecular flexibility index (Phi) is 7.65. The van der Waals surface area contributed by atoms with Crippen LogP contribution in [0.4, 0.5) is 0 Å². The maximum absolute atomic E-state index is 12.3. The molecule has 3 rings (SSSR count). The van der Waals surface area contributed by atoms with Crippen molar-refractivity contribution in [1.29, 1.82) is 0 Å². The molecule has 0 fully saturated rings. The fraction of sp³-hybridized carbons (Fsp3) is 0.375. The van der Waals surface area contributed by atoms with Gasteiger partial charge in [0.05, 0.1) is 6.42 Å². The molecule has 1 heterocycles. The van der Waals surface area contributed by atoms with Crippen LogP contribution >= 0.6 is 0 Å². The molecule has 0 aromatic heterocycles. The van der Waals surface area contributed by atoms with Gasteiger partial charge in [0.25, 0.3) is 5.91 Å². The molecule has 0 radical (unpaired) electrons. The van der Waals surface area contributed by atoms with Crippen molar-refractivity contribution in [1.82, 2.24) is 5.32 Å². The highest BCUT2D eigenvalue weighted by Gasteiger charge is 2.19. The first-order valence-corrected chi connectivity index (χ1v) is 10.4. The van der Waals surface area contributed by atoms with E-state index in [1.54, 1.807) is 24.3 Å². The number of nitrogens with one attached hydrogen (secondary N) is 1. The first-order valence-electron chi connectivity index (χ1n) is 10.4. The SMILES string of the molecule is CCCc1ccc(C(=O)CCC(=O)O[C@@H](C)C(=O)NCc2ccc3c(c2)OCO3)cc1. The molecule has 1 amide bonds. The summed E-state index contributed by atoms with van der Waals surface area (Å²) >= 11 is 0. The van der Waals surface area contributed by atoms with E-state index < -0.39 is 18.0 Å². The number of amides is 1. The lowest BCUT2D eigenvalue weighted by atomic mass is 10.0. The van der Waals surface area contributed by atoms with E-state index in [1.807, 2.05) is 18.2 Å². The van der Waals surface area contributed by atoms with Crippen LogP contribution < -0.4 is 14.8 Å². The van der Waals surface area contributed by atoms with Crippen LogP contribution in [0.2, 0.25) is 0 Å². The molecule has 2 aromatic rings. The third-order valence-electron chi connectivity index (χ3n) is 4.95. The van der Waals surface area contributed by atoms with Gasteiger partial charge in [0.15, 0.2) is 23.4 Å². The van der Waals surface area contributed by atoms with Gasteiger partial charge in [-0.15, -0.1) is 0 Å². The van der Waals surface area contributed by atoms with Crippen LogP contribution in [0.15, 0.2) is 42.5 Å². The maximum Gasteiger partial charge on any atom is 0.307 e. The lowest BCUT2D eigenvalue weighted by molar-refractivity contribution is -0.154. The molecule has 164 valence electrons. The van der Waals surface area contributed by atoms with Crippen molar-refractivity contribution < 1.29 is 28.6 Å². The summed E-state index contributed by atoms with van der Waals surface area (Å²) in [6.07, 6.45) is 1.02. The second-order valence-electron chi connectivity index (χ2n) is 7.41. The van der Waals surface area contributed by atoms with Gasteiger partial charge in [-0.05, 0) is 36.6 Å². The van der Waals surface area contributed by atoms with Crippen molar-refractivity contribution >= 4 is 17.7 Å². The maximum atomic E-state index is 12.3. The summed E-state index contributed by atoms with van der Waals surface area (Å²) < 4.78 is 15.7. The number of hydrogen-bond donors (Lipinski definition) is 1. The number of Topliss-reactive ketones (excluding diaryl/α,β-unsaturated/α-hetero) is 1. The molecule has 0 saturated heterocycles. The number of ketones is 1. The third kappa shape index (κ3) is 6.31. The predicted octanol–water partition coefficient (Wildman–Crippen LogP) is 3.58. The number of fused-ring (bicyclic) bond motifs is 1. The Morgan fingerprint density at radius 1 is 1.00 bits per heavy atom. The quantitative estimate of drug-likeness (QED) is 0.462. The van der Waals surface area contributed by atoms with Gasteiger partial charge in [0, 0.05) is 18.5 Å². The normalized spacial score (nSPS) is 12.8. The standard InChI is InChI=1S/C24H27NO6/c1-3-4-17-5-8-19(9-6-17)20(26)10-12-23(27)31-16(2)24(28)25-14-18-7-11-21-22(13-18)30-15-29-21/h5-9,11,13,16H,3-4,10,12,14-15H2,1-2H3,(H,25,28)/t16-/m0/s1. The topological polar surface area (TPSA) is 90.9 Å². The zero-order valence-electron chi connectivity index (χ0n) is 17.8. The molecule has 1 atom stereocenters. The van der Waals surface area contributed by atoms with Crippen molar-refractivity contribution in [2.45, 2.75) is 52.2 Å². The van der Waals surface area contributed by atoms with E-state index in [4.69, 9.17) is 14.2 Å². The number of esters is 1. The zero-order valence-corrected chi connectivity index (χ0v) is 17.8. The summed E-state index contributed by atoms with van der Waals surface area (Å²) in [4.78, 5) is 36.5. The molecule has 1 aliphatic heterocycles. The van der Waals surface area contributed by atoms with E-state index in [0.717, 1.165) is 18.4 Å². The average molecular weight is 425 g/mol. The van der Waals surface area contributed by atoms with Crippen molar-refractivity contribution in [3.8, 4) is 11.5 Å². The highest BCUT2D eigenvalue weighted by molar-refractivity contribution is 5.97. The summed E-state index contributed by atoms with van der Waals surface area (Å²) in [5.41, 5.74) is 2.59. The van der Waals surface area contributed by atoms with Crippen LogP contribution in [0.3, 0.4) is 0 Å². The monoisotopic (exact) mass is 425 g/mol. The molecule has 7 heteroatoms. The van der Waals surface area contributed by atoms with Gasteiger partial charge in [-0.2, -0.15) is 0 Å². The summed E-state index contributed by atoms with van der Waals surface area (Å²) in [6.45, 7) is 4.05. The summed E-state index contributed by atoms with van der Waals surface area (Å²) in [5.74, 6) is 0.185. The molecule has 0 aliphatic carbocycles. The van der Waals surface area contributed by atoms with Gasteiger partial charge in [-0.25, -0.2) is 0 Å². The van der Waals surface area contributed by atoms with Crippen LogP contribution in [-0.2, 0) is 27.3 Å². The molecular weight excluding hydrogens is 398 g/mol. The second kappa shape index (κ2) is 10.6. The Labute approximate surface area is 181 Å². The van der Waals surface area contributed by atoms with Crippen LogP contribution in [0.25, 0.3) is 0 Å².